The summed E-state index contributed by atoms with van der Waals surface area (Å²) in [7, 11) is 0. The first-order chi connectivity index (χ1) is 15.8. The summed E-state index contributed by atoms with van der Waals surface area (Å²) in [6.45, 7) is 4.72. The van der Waals surface area contributed by atoms with Crippen molar-refractivity contribution in [1.29, 1.82) is 0 Å². The Labute approximate surface area is 209 Å². The summed E-state index contributed by atoms with van der Waals surface area (Å²) in [6, 6.07) is 3.48. The van der Waals surface area contributed by atoms with Crippen LogP contribution in [0.1, 0.15) is 39.5 Å². The molecule has 1 aromatic heterocycles. The van der Waals surface area contributed by atoms with Crippen molar-refractivity contribution < 1.29 is 24.9 Å². The highest BCUT2D eigenvalue weighted by molar-refractivity contribution is 8.01. The molecule has 10 heteroatoms. The maximum absolute atomic E-state index is 13.2. The van der Waals surface area contributed by atoms with Crippen LogP contribution in [-0.4, -0.2) is 81.7 Å². The average molecular weight is 519 g/mol. The number of aliphatic hydroxyl groups is 3. The normalized spacial score (nSPS) is 33.7. The Bertz CT molecular complexity index is 721. The predicted octanol–water partition coefficient (Wildman–Crippen LogP) is 2.30. The van der Waals surface area contributed by atoms with Crippen molar-refractivity contribution >= 4 is 40.8 Å². The van der Waals surface area contributed by atoms with Gasteiger partial charge in [-0.05, 0) is 67.5 Å². The summed E-state index contributed by atoms with van der Waals surface area (Å²) in [5.74, 6) is 1.49. The van der Waals surface area contributed by atoms with Gasteiger partial charge in [0.25, 0.3) is 0 Å². The Morgan fingerprint density at radius 3 is 2.76 bits per heavy atom. The average Bonchev–Trinajstić information content (AvgIpc) is 3.33. The molecule has 0 bridgehead atoms. The van der Waals surface area contributed by atoms with Crippen molar-refractivity contribution in [2.24, 2.45) is 11.8 Å². The van der Waals surface area contributed by atoms with Crippen molar-refractivity contribution in [2.75, 3.05) is 18.6 Å². The van der Waals surface area contributed by atoms with Gasteiger partial charge in [-0.1, -0.05) is 19.9 Å². The molecule has 0 radical (unpaired) electrons. The Hall–Kier alpha value is -0.330. The summed E-state index contributed by atoms with van der Waals surface area (Å²) in [6.07, 6.45) is 1.34. The summed E-state index contributed by atoms with van der Waals surface area (Å²) >= 11 is 4.95. The van der Waals surface area contributed by atoms with E-state index in [0.717, 1.165) is 38.0 Å². The first-order valence-electron chi connectivity index (χ1n) is 11.7. The molecule has 2 fully saturated rings. The van der Waals surface area contributed by atoms with Crippen molar-refractivity contribution in [3.8, 4) is 0 Å². The van der Waals surface area contributed by atoms with Gasteiger partial charge in [0.15, 0.2) is 0 Å². The third-order valence-corrected chi connectivity index (χ3v) is 9.62. The standard InChI is InChI=1S/C23H38N2O5S3/c1-13(2)17(21-19(27)18(26)20(28)23(30-21)31-3)25-22(29)15-12-14(8-9-24-15)6-4-10-32-16-7-5-11-33-16/h5,7,11,13-15,17-21,23-24,26-28H,4,6,8-10,12H2,1-3H3,(H,25,29). The molecule has 1 aromatic rings. The molecule has 7 nitrogen and oxygen atoms in total. The highest BCUT2D eigenvalue weighted by atomic mass is 32.2. The van der Waals surface area contributed by atoms with Gasteiger partial charge in [0.05, 0.1) is 16.3 Å². The molecule has 1 amide bonds. The van der Waals surface area contributed by atoms with E-state index in [1.165, 1.54) is 16.0 Å². The van der Waals surface area contributed by atoms with E-state index in [1.807, 2.05) is 25.6 Å². The molecule has 0 saturated carbocycles. The van der Waals surface area contributed by atoms with Crippen LogP contribution in [-0.2, 0) is 9.53 Å². The van der Waals surface area contributed by atoms with E-state index >= 15 is 0 Å². The quantitative estimate of drug-likeness (QED) is 0.237. The molecule has 33 heavy (non-hydrogen) atoms. The number of amides is 1. The lowest BCUT2D eigenvalue weighted by Gasteiger charge is -2.44. The zero-order valence-corrected chi connectivity index (χ0v) is 22.0. The number of ether oxygens (including phenoxy) is 1. The van der Waals surface area contributed by atoms with Crippen LogP contribution in [0.15, 0.2) is 21.7 Å². The van der Waals surface area contributed by atoms with Gasteiger partial charge in [0, 0.05) is 0 Å². The van der Waals surface area contributed by atoms with Crippen LogP contribution < -0.4 is 10.6 Å². The van der Waals surface area contributed by atoms with E-state index in [0.29, 0.717) is 5.92 Å². The van der Waals surface area contributed by atoms with Gasteiger partial charge in [0.2, 0.25) is 5.91 Å². The topological polar surface area (TPSA) is 111 Å². The second-order valence-electron chi connectivity index (χ2n) is 9.27. The highest BCUT2D eigenvalue weighted by Crippen LogP contribution is 2.31. The zero-order valence-electron chi connectivity index (χ0n) is 19.6. The van der Waals surface area contributed by atoms with Crippen LogP contribution in [0.2, 0.25) is 0 Å². The Balaban J connectivity index is 1.52. The monoisotopic (exact) mass is 518 g/mol. The minimum absolute atomic E-state index is 0.0211. The molecular formula is C23H38N2O5S3. The van der Waals surface area contributed by atoms with Crippen molar-refractivity contribution in [3.05, 3.63) is 17.5 Å². The SMILES string of the molecule is CSC1OC(C(NC(=O)C2CC(CCCSc3cccs3)CCN2)C(C)C)C(O)C(O)C1O. The number of rotatable bonds is 10. The Morgan fingerprint density at radius 2 is 2.09 bits per heavy atom. The Kier molecular flexibility index (Phi) is 10.8. The predicted molar refractivity (Wildman–Crippen MR) is 136 cm³/mol. The smallest absolute Gasteiger partial charge is 0.237 e. The number of aliphatic hydroxyl groups excluding tert-OH is 3. The van der Waals surface area contributed by atoms with E-state index in [4.69, 9.17) is 4.74 Å². The van der Waals surface area contributed by atoms with Gasteiger partial charge in [-0.15, -0.1) is 34.9 Å². The first kappa shape index (κ1) is 27.3. The molecule has 8 atom stereocenters. The summed E-state index contributed by atoms with van der Waals surface area (Å²) in [4.78, 5) is 13.2. The third kappa shape index (κ3) is 7.33. The zero-order chi connectivity index (χ0) is 24.0. The van der Waals surface area contributed by atoms with Crippen LogP contribution >= 0.6 is 34.9 Å². The molecule has 0 aromatic carbocycles. The molecule has 0 spiro atoms. The lowest BCUT2D eigenvalue weighted by Crippen LogP contribution is -2.65. The van der Waals surface area contributed by atoms with Gasteiger partial charge in [0.1, 0.15) is 29.9 Å². The van der Waals surface area contributed by atoms with E-state index in [9.17, 15) is 20.1 Å². The van der Waals surface area contributed by atoms with E-state index in [2.05, 4.69) is 28.1 Å². The third-order valence-electron chi connectivity index (χ3n) is 6.54. The second kappa shape index (κ2) is 13.1. The molecular weight excluding hydrogens is 480 g/mol. The molecule has 2 saturated heterocycles. The lowest BCUT2D eigenvalue weighted by atomic mass is 9.86. The molecule has 2 aliphatic heterocycles. The number of piperidine rings is 1. The highest BCUT2D eigenvalue weighted by Gasteiger charge is 2.47. The van der Waals surface area contributed by atoms with Gasteiger partial charge in [-0.3, -0.25) is 4.79 Å². The molecule has 8 unspecified atom stereocenters. The Morgan fingerprint density at radius 1 is 1.30 bits per heavy atom. The van der Waals surface area contributed by atoms with Crippen molar-refractivity contribution in [2.45, 2.75) is 85.7 Å². The molecule has 2 aliphatic rings. The van der Waals surface area contributed by atoms with Gasteiger partial charge < -0.3 is 30.7 Å². The second-order valence-corrected chi connectivity index (χ2v) is 12.6. The number of thiophene rings is 1. The fourth-order valence-corrected chi connectivity index (χ4v) is 7.11. The number of hydrogen-bond acceptors (Lipinski definition) is 9. The van der Waals surface area contributed by atoms with Crippen LogP contribution in [0.5, 0.6) is 0 Å². The maximum Gasteiger partial charge on any atom is 0.237 e. The number of carbonyl (C=O) groups is 1. The van der Waals surface area contributed by atoms with Crippen molar-refractivity contribution in [1.82, 2.24) is 10.6 Å². The van der Waals surface area contributed by atoms with Crippen LogP contribution in [0.3, 0.4) is 0 Å². The maximum atomic E-state index is 13.2. The summed E-state index contributed by atoms with van der Waals surface area (Å²) in [5.41, 5.74) is -0.657. The fourth-order valence-electron chi connectivity index (χ4n) is 4.61. The largest absolute Gasteiger partial charge is 0.388 e. The van der Waals surface area contributed by atoms with Gasteiger partial charge in [-0.25, -0.2) is 0 Å². The van der Waals surface area contributed by atoms with E-state index in [-0.39, 0.29) is 17.9 Å². The van der Waals surface area contributed by atoms with Crippen LogP contribution in [0, 0.1) is 11.8 Å². The first-order valence-corrected chi connectivity index (χ1v) is 14.9. The molecule has 188 valence electrons. The van der Waals surface area contributed by atoms with Gasteiger partial charge in [-0.2, -0.15) is 0 Å². The van der Waals surface area contributed by atoms with E-state index < -0.39 is 35.9 Å². The summed E-state index contributed by atoms with van der Waals surface area (Å²) < 4.78 is 7.28. The molecule has 0 aliphatic carbocycles. The lowest BCUT2D eigenvalue weighted by molar-refractivity contribution is -0.208. The fraction of sp³-hybridized carbons (Fsp3) is 0.783. The minimum atomic E-state index is -1.32. The molecule has 3 heterocycles. The van der Waals surface area contributed by atoms with E-state index in [1.54, 1.807) is 17.6 Å². The number of thioether (sulfide) groups is 2. The van der Waals surface area contributed by atoms with Gasteiger partial charge >= 0.3 is 0 Å². The molecule has 5 N–H and O–H groups in total. The molecule has 3 rings (SSSR count). The minimum Gasteiger partial charge on any atom is -0.388 e. The summed E-state index contributed by atoms with van der Waals surface area (Å²) in [5, 5.41) is 39.6. The number of nitrogens with one attached hydrogen (secondary N) is 2. The number of carbonyl (C=O) groups excluding carboxylic acids is 1. The van der Waals surface area contributed by atoms with Crippen LogP contribution in [0.4, 0.5) is 0 Å². The number of hydrogen-bond donors (Lipinski definition) is 5. The van der Waals surface area contributed by atoms with Crippen molar-refractivity contribution in [3.63, 3.8) is 0 Å². The van der Waals surface area contributed by atoms with Crippen LogP contribution in [0.25, 0.3) is 0 Å².